The second kappa shape index (κ2) is 6.70. The molecule has 0 aliphatic rings. The molecule has 0 unspecified atom stereocenters. The van der Waals surface area contributed by atoms with E-state index in [2.05, 4.69) is 32.4 Å². The van der Waals surface area contributed by atoms with Crippen LogP contribution in [0.3, 0.4) is 0 Å². The lowest BCUT2D eigenvalue weighted by atomic mass is 10.2. The number of nitrogens with zero attached hydrogens (tertiary/aromatic N) is 3. The van der Waals surface area contributed by atoms with Gasteiger partial charge in [-0.25, -0.2) is 4.98 Å². The molecule has 0 aliphatic heterocycles. The summed E-state index contributed by atoms with van der Waals surface area (Å²) >= 11 is 1.52. The molecule has 0 saturated carbocycles. The van der Waals surface area contributed by atoms with Gasteiger partial charge < -0.3 is 5.32 Å². The number of amides is 1. The number of aromatic nitrogens is 4. The van der Waals surface area contributed by atoms with Crippen molar-refractivity contribution in [2.45, 2.75) is 26.8 Å². The highest BCUT2D eigenvalue weighted by Gasteiger charge is 2.13. The van der Waals surface area contributed by atoms with Gasteiger partial charge in [-0.2, -0.15) is 5.10 Å². The number of aryl methyl sites for hydroxylation is 2. The van der Waals surface area contributed by atoms with Gasteiger partial charge in [-0.1, -0.05) is 13.0 Å². The zero-order chi connectivity index (χ0) is 16.2. The molecule has 23 heavy (non-hydrogen) atoms. The molecular formula is C16H17N5OS. The van der Waals surface area contributed by atoms with Gasteiger partial charge in [0.1, 0.15) is 11.5 Å². The first-order chi connectivity index (χ1) is 11.2. The third-order valence-corrected chi connectivity index (χ3v) is 4.56. The molecule has 3 heterocycles. The van der Waals surface area contributed by atoms with Crippen molar-refractivity contribution >= 4 is 17.2 Å². The molecule has 118 valence electrons. The number of hydrogen-bond donors (Lipinski definition) is 2. The number of H-pyrrole nitrogens is 1. The Kier molecular flexibility index (Phi) is 4.47. The summed E-state index contributed by atoms with van der Waals surface area (Å²) < 4.78 is 0. The van der Waals surface area contributed by atoms with Crippen molar-refractivity contribution in [3.8, 4) is 11.5 Å². The van der Waals surface area contributed by atoms with Crippen molar-refractivity contribution in [3.05, 3.63) is 51.6 Å². The molecule has 3 aromatic heterocycles. The minimum atomic E-state index is -0.0893. The average Bonchev–Trinajstić information content (AvgIpc) is 3.20. The normalized spacial score (nSPS) is 10.7. The van der Waals surface area contributed by atoms with E-state index in [0.717, 1.165) is 11.3 Å². The van der Waals surface area contributed by atoms with E-state index in [1.54, 1.807) is 6.20 Å². The Balaban J connectivity index is 1.64. The second-order valence-electron chi connectivity index (χ2n) is 5.05. The zero-order valence-corrected chi connectivity index (χ0v) is 13.8. The van der Waals surface area contributed by atoms with Crippen LogP contribution in [0.25, 0.3) is 11.5 Å². The standard InChI is InChI=1S/C16H17N5OS/c1-3-11-8-13(23-10(11)2)16(22)18-9-14-19-15(21-20-14)12-6-4-5-7-17-12/h4-8H,3,9H2,1-2H3,(H,18,22)(H,19,20,21). The van der Waals surface area contributed by atoms with Crippen LogP contribution in [0.5, 0.6) is 0 Å². The molecule has 0 atom stereocenters. The van der Waals surface area contributed by atoms with E-state index < -0.39 is 0 Å². The first-order valence-electron chi connectivity index (χ1n) is 7.37. The van der Waals surface area contributed by atoms with Gasteiger partial charge in [-0.15, -0.1) is 11.3 Å². The molecule has 3 aromatic rings. The van der Waals surface area contributed by atoms with Crippen molar-refractivity contribution in [1.82, 2.24) is 25.5 Å². The summed E-state index contributed by atoms with van der Waals surface area (Å²) in [7, 11) is 0. The summed E-state index contributed by atoms with van der Waals surface area (Å²) in [6.45, 7) is 4.43. The minimum Gasteiger partial charge on any atom is -0.344 e. The molecule has 0 bridgehead atoms. The largest absolute Gasteiger partial charge is 0.344 e. The topological polar surface area (TPSA) is 83.6 Å². The SMILES string of the molecule is CCc1cc(C(=O)NCc2nc(-c3ccccn3)n[nH]2)sc1C. The number of pyridine rings is 1. The third-order valence-electron chi connectivity index (χ3n) is 3.47. The Labute approximate surface area is 138 Å². The molecule has 2 N–H and O–H groups in total. The molecule has 7 heteroatoms. The average molecular weight is 327 g/mol. The molecule has 0 aromatic carbocycles. The minimum absolute atomic E-state index is 0.0893. The van der Waals surface area contributed by atoms with Crippen LogP contribution in [0, 0.1) is 6.92 Å². The van der Waals surface area contributed by atoms with Crippen LogP contribution < -0.4 is 5.32 Å². The predicted octanol–water partition coefficient (Wildman–Crippen LogP) is 2.73. The van der Waals surface area contributed by atoms with E-state index in [4.69, 9.17) is 0 Å². The number of carbonyl (C=O) groups is 1. The van der Waals surface area contributed by atoms with Crippen LogP contribution >= 0.6 is 11.3 Å². The lowest BCUT2D eigenvalue weighted by molar-refractivity contribution is 0.0954. The first-order valence-corrected chi connectivity index (χ1v) is 8.19. The highest BCUT2D eigenvalue weighted by atomic mass is 32.1. The van der Waals surface area contributed by atoms with Crippen molar-refractivity contribution in [3.63, 3.8) is 0 Å². The Morgan fingerprint density at radius 2 is 2.26 bits per heavy atom. The summed E-state index contributed by atoms with van der Waals surface area (Å²) in [5, 5.41) is 9.81. The van der Waals surface area contributed by atoms with Gasteiger partial charge in [-0.3, -0.25) is 14.9 Å². The highest BCUT2D eigenvalue weighted by molar-refractivity contribution is 7.14. The van der Waals surface area contributed by atoms with Crippen LogP contribution in [-0.4, -0.2) is 26.1 Å². The van der Waals surface area contributed by atoms with Crippen LogP contribution in [0.4, 0.5) is 0 Å². The lowest BCUT2D eigenvalue weighted by Gasteiger charge is -1.99. The number of nitrogens with one attached hydrogen (secondary N) is 2. The number of carbonyl (C=O) groups excluding carboxylic acids is 1. The number of hydrogen-bond acceptors (Lipinski definition) is 5. The Hall–Kier alpha value is -2.54. The van der Waals surface area contributed by atoms with Crippen LogP contribution in [0.1, 0.15) is 32.9 Å². The van der Waals surface area contributed by atoms with E-state index in [0.29, 0.717) is 23.9 Å². The van der Waals surface area contributed by atoms with Crippen LogP contribution in [-0.2, 0) is 13.0 Å². The fourth-order valence-corrected chi connectivity index (χ4v) is 3.25. The second-order valence-corrected chi connectivity index (χ2v) is 6.31. The summed E-state index contributed by atoms with van der Waals surface area (Å²) in [6.07, 6.45) is 2.63. The van der Waals surface area contributed by atoms with Gasteiger partial charge in [0.25, 0.3) is 5.91 Å². The summed E-state index contributed by atoms with van der Waals surface area (Å²) in [5.41, 5.74) is 1.92. The predicted molar refractivity (Wildman–Crippen MR) is 89.2 cm³/mol. The Morgan fingerprint density at radius 1 is 1.39 bits per heavy atom. The maximum Gasteiger partial charge on any atom is 0.261 e. The Morgan fingerprint density at radius 3 is 2.96 bits per heavy atom. The van der Waals surface area contributed by atoms with Gasteiger partial charge in [0.05, 0.1) is 11.4 Å². The fraction of sp³-hybridized carbons (Fsp3) is 0.250. The maximum absolute atomic E-state index is 12.2. The van der Waals surface area contributed by atoms with Gasteiger partial charge in [-0.05, 0) is 37.1 Å². The van der Waals surface area contributed by atoms with Crippen LogP contribution in [0.2, 0.25) is 0 Å². The van der Waals surface area contributed by atoms with Crippen molar-refractivity contribution in [2.75, 3.05) is 0 Å². The quantitative estimate of drug-likeness (QED) is 0.755. The fourth-order valence-electron chi connectivity index (χ4n) is 2.22. The molecule has 0 aliphatic carbocycles. The van der Waals surface area contributed by atoms with Gasteiger partial charge >= 0.3 is 0 Å². The van der Waals surface area contributed by atoms with E-state index in [1.165, 1.54) is 21.8 Å². The molecule has 6 nitrogen and oxygen atoms in total. The van der Waals surface area contributed by atoms with Gasteiger partial charge in [0.2, 0.25) is 0 Å². The monoisotopic (exact) mass is 327 g/mol. The number of aromatic amines is 1. The van der Waals surface area contributed by atoms with Crippen LogP contribution in [0.15, 0.2) is 30.5 Å². The first kappa shape index (κ1) is 15.4. The molecule has 0 fully saturated rings. The molecular weight excluding hydrogens is 310 g/mol. The maximum atomic E-state index is 12.2. The summed E-state index contributed by atoms with van der Waals surface area (Å²) in [5.74, 6) is 1.03. The van der Waals surface area contributed by atoms with Crippen molar-refractivity contribution in [2.24, 2.45) is 0 Å². The van der Waals surface area contributed by atoms with Gasteiger partial charge in [0.15, 0.2) is 5.82 Å². The van der Waals surface area contributed by atoms with E-state index in [9.17, 15) is 4.79 Å². The molecule has 3 rings (SSSR count). The molecule has 0 spiro atoms. The Bertz CT molecular complexity index is 809. The summed E-state index contributed by atoms with van der Waals surface area (Å²) in [6, 6.07) is 7.51. The van der Waals surface area contributed by atoms with E-state index in [-0.39, 0.29) is 5.91 Å². The van der Waals surface area contributed by atoms with E-state index in [1.807, 2.05) is 31.2 Å². The zero-order valence-electron chi connectivity index (χ0n) is 13.0. The number of thiophene rings is 1. The van der Waals surface area contributed by atoms with Crippen molar-refractivity contribution in [1.29, 1.82) is 0 Å². The smallest absolute Gasteiger partial charge is 0.261 e. The lowest BCUT2D eigenvalue weighted by Crippen LogP contribution is -2.22. The highest BCUT2D eigenvalue weighted by Crippen LogP contribution is 2.21. The third kappa shape index (κ3) is 3.45. The molecule has 1 amide bonds. The molecule has 0 saturated heterocycles. The molecule has 0 radical (unpaired) electrons. The van der Waals surface area contributed by atoms with Crippen molar-refractivity contribution < 1.29 is 4.79 Å². The van der Waals surface area contributed by atoms with E-state index >= 15 is 0 Å². The summed E-state index contributed by atoms with van der Waals surface area (Å²) in [4.78, 5) is 22.7. The number of rotatable bonds is 5. The van der Waals surface area contributed by atoms with Gasteiger partial charge in [0, 0.05) is 11.1 Å².